The fourth-order valence-electron chi connectivity index (χ4n) is 5.81. The lowest BCUT2D eigenvalue weighted by atomic mass is 9.64. The van der Waals surface area contributed by atoms with Crippen LogP contribution in [0.2, 0.25) is 0 Å². The Morgan fingerprint density at radius 1 is 0.933 bits per heavy atom. The normalized spacial score (nSPS) is 15.8. The third-order valence-electron chi connectivity index (χ3n) is 8.31. The molecule has 0 aromatic heterocycles. The van der Waals surface area contributed by atoms with Crippen molar-refractivity contribution in [2.75, 3.05) is 58.3 Å². The van der Waals surface area contributed by atoms with Crippen molar-refractivity contribution in [1.82, 2.24) is 5.32 Å². The van der Waals surface area contributed by atoms with Crippen LogP contribution in [0.25, 0.3) is 5.57 Å². The predicted molar refractivity (Wildman–Crippen MR) is 182 cm³/mol. The third kappa shape index (κ3) is 8.12. The molecule has 4 rings (SSSR count). The van der Waals surface area contributed by atoms with Crippen molar-refractivity contribution in [2.24, 2.45) is 4.99 Å². The molecule has 0 heterocycles. The van der Waals surface area contributed by atoms with Gasteiger partial charge in [0.2, 0.25) is 0 Å². The van der Waals surface area contributed by atoms with Gasteiger partial charge in [-0.3, -0.25) is 9.79 Å². The maximum Gasteiger partial charge on any atom is 0.336 e. The molecular formula is C36H44ClN3O5. The number of nitrogens with one attached hydrogen (secondary N) is 2. The van der Waals surface area contributed by atoms with Gasteiger partial charge in [0.1, 0.15) is 0 Å². The molecule has 2 aromatic rings. The largest absolute Gasteiger partial charge is 0.478 e. The van der Waals surface area contributed by atoms with Crippen molar-refractivity contribution in [3.63, 3.8) is 0 Å². The number of carbonyl (C=O) groups excluding carboxylic acids is 1. The Morgan fingerprint density at radius 3 is 2.40 bits per heavy atom. The zero-order valence-corrected chi connectivity index (χ0v) is 27.4. The lowest BCUT2D eigenvalue weighted by Gasteiger charge is -2.39. The summed E-state index contributed by atoms with van der Waals surface area (Å²) in [6.07, 6.45) is 10.3. The van der Waals surface area contributed by atoms with Gasteiger partial charge in [0, 0.05) is 49.8 Å². The van der Waals surface area contributed by atoms with E-state index < -0.39 is 5.97 Å². The number of allylic oxidation sites excluding steroid dienone is 5. The monoisotopic (exact) mass is 633 g/mol. The van der Waals surface area contributed by atoms with Crippen LogP contribution in [0.4, 0.5) is 5.69 Å². The van der Waals surface area contributed by atoms with E-state index in [1.165, 1.54) is 6.07 Å². The zero-order valence-electron chi connectivity index (χ0n) is 26.7. The predicted octanol–water partition coefficient (Wildman–Crippen LogP) is 6.65. The minimum atomic E-state index is -1.06. The Hall–Kier alpha value is -3.72. The molecule has 2 aliphatic rings. The highest BCUT2D eigenvalue weighted by atomic mass is 35.5. The van der Waals surface area contributed by atoms with Crippen LogP contribution in [0.5, 0.6) is 0 Å². The molecule has 240 valence electrons. The van der Waals surface area contributed by atoms with Crippen LogP contribution in [0.15, 0.2) is 70.8 Å². The SMILES string of the molecule is C/N=C1\C=CC2=C(c3cc(C(=O)NCCOCCOCCCCCCCl)ccc3C(=O)O)c3ccc(NC)cc3C(C)(C)C2=C1. The number of amides is 1. The number of aliphatic imine (C=N–C) groups is 1. The summed E-state index contributed by atoms with van der Waals surface area (Å²) in [5.74, 6) is -0.654. The lowest BCUT2D eigenvalue weighted by Crippen LogP contribution is -2.30. The van der Waals surface area contributed by atoms with E-state index in [4.69, 9.17) is 21.1 Å². The maximum absolute atomic E-state index is 13.2. The summed E-state index contributed by atoms with van der Waals surface area (Å²) < 4.78 is 11.2. The summed E-state index contributed by atoms with van der Waals surface area (Å²) in [6.45, 7) is 6.66. The standard InChI is InChI=1S/C36H44ClN3O5/c1-36(2)31-22-25(38-3)10-13-28(31)33(29-14-11-26(39-4)23-32(29)36)30-21-24(9-12-27(30)35(42)43)34(41)40-16-18-45-20-19-44-17-8-6-5-7-15-37/h9-14,21-23,38H,5-8,15-20H2,1-4H3,(H,40,41)(H,42,43)/b39-26+. The fraction of sp³-hybridized carbons (Fsp3) is 0.417. The zero-order chi connectivity index (χ0) is 32.4. The van der Waals surface area contributed by atoms with Crippen molar-refractivity contribution in [2.45, 2.75) is 44.9 Å². The van der Waals surface area contributed by atoms with Crippen LogP contribution in [0, 0.1) is 0 Å². The number of benzene rings is 2. The highest BCUT2D eigenvalue weighted by Gasteiger charge is 2.38. The fourth-order valence-corrected chi connectivity index (χ4v) is 6.00. The molecule has 0 aliphatic heterocycles. The van der Waals surface area contributed by atoms with Gasteiger partial charge in [0.05, 0.1) is 31.1 Å². The summed E-state index contributed by atoms with van der Waals surface area (Å²) in [7, 11) is 3.63. The molecule has 2 aliphatic carbocycles. The minimum Gasteiger partial charge on any atom is -0.478 e. The van der Waals surface area contributed by atoms with Gasteiger partial charge in [0.15, 0.2) is 0 Å². The van der Waals surface area contributed by atoms with Crippen molar-refractivity contribution in [3.05, 3.63) is 93.6 Å². The number of carboxylic acids is 1. The molecule has 0 saturated carbocycles. The second-order valence-electron chi connectivity index (χ2n) is 11.6. The number of fused-ring (bicyclic) bond motifs is 2. The van der Waals surface area contributed by atoms with Gasteiger partial charge in [0.25, 0.3) is 5.91 Å². The Kier molecular flexibility index (Phi) is 12.2. The third-order valence-corrected chi connectivity index (χ3v) is 8.58. The van der Waals surface area contributed by atoms with Crippen LogP contribution in [-0.4, -0.2) is 75.6 Å². The topological polar surface area (TPSA) is 109 Å². The second-order valence-corrected chi connectivity index (χ2v) is 12.0. The number of aromatic carboxylic acids is 1. The smallest absolute Gasteiger partial charge is 0.336 e. The van der Waals surface area contributed by atoms with Crippen LogP contribution in [-0.2, 0) is 14.9 Å². The van der Waals surface area contributed by atoms with Crippen molar-refractivity contribution >= 4 is 40.4 Å². The van der Waals surface area contributed by atoms with Gasteiger partial charge < -0.3 is 25.2 Å². The maximum atomic E-state index is 13.2. The number of unbranched alkanes of at least 4 members (excludes halogenated alkanes) is 3. The van der Waals surface area contributed by atoms with E-state index in [0.29, 0.717) is 50.0 Å². The lowest BCUT2D eigenvalue weighted by molar-refractivity contribution is 0.0468. The molecule has 0 saturated heterocycles. The highest BCUT2D eigenvalue weighted by Crippen LogP contribution is 2.50. The van der Waals surface area contributed by atoms with Gasteiger partial charge in [-0.2, -0.15) is 0 Å². The van der Waals surface area contributed by atoms with E-state index in [0.717, 1.165) is 64.9 Å². The Morgan fingerprint density at radius 2 is 1.69 bits per heavy atom. The summed E-state index contributed by atoms with van der Waals surface area (Å²) in [5.41, 5.74) is 7.14. The molecule has 45 heavy (non-hydrogen) atoms. The van der Waals surface area contributed by atoms with E-state index in [1.54, 1.807) is 19.2 Å². The second kappa shape index (κ2) is 16.0. The van der Waals surface area contributed by atoms with Gasteiger partial charge in [-0.05, 0) is 88.7 Å². The molecule has 1 amide bonds. The number of carbonyl (C=O) groups is 2. The van der Waals surface area contributed by atoms with Crippen molar-refractivity contribution < 1.29 is 24.2 Å². The van der Waals surface area contributed by atoms with Gasteiger partial charge in [-0.15, -0.1) is 11.6 Å². The molecule has 9 heteroatoms. The van der Waals surface area contributed by atoms with Gasteiger partial charge >= 0.3 is 5.97 Å². The van der Waals surface area contributed by atoms with E-state index in [-0.39, 0.29) is 16.9 Å². The Bertz CT molecular complexity index is 1520. The summed E-state index contributed by atoms with van der Waals surface area (Å²) in [6, 6.07) is 10.9. The van der Waals surface area contributed by atoms with Crippen LogP contribution in [0.1, 0.15) is 76.9 Å². The van der Waals surface area contributed by atoms with Crippen LogP contribution < -0.4 is 10.6 Å². The number of rotatable bonds is 16. The number of carboxylic acid groups (broad SMARTS) is 1. The first-order chi connectivity index (χ1) is 21.7. The number of alkyl halides is 1. The molecular weight excluding hydrogens is 590 g/mol. The molecule has 0 spiro atoms. The van der Waals surface area contributed by atoms with Crippen molar-refractivity contribution in [3.8, 4) is 0 Å². The van der Waals surface area contributed by atoms with Gasteiger partial charge in [-0.1, -0.05) is 38.8 Å². The van der Waals surface area contributed by atoms with E-state index >= 15 is 0 Å². The molecule has 0 atom stereocenters. The van der Waals surface area contributed by atoms with Gasteiger partial charge in [-0.25, -0.2) is 4.79 Å². The first-order valence-corrected chi connectivity index (χ1v) is 16.1. The molecule has 3 N–H and O–H groups in total. The first kappa shape index (κ1) is 34.2. The quantitative estimate of drug-likeness (QED) is 0.141. The van der Waals surface area contributed by atoms with E-state index in [1.807, 2.05) is 31.3 Å². The van der Waals surface area contributed by atoms with Crippen LogP contribution >= 0.6 is 11.6 Å². The average molecular weight is 634 g/mol. The molecule has 0 radical (unpaired) electrons. The van der Waals surface area contributed by atoms with Crippen molar-refractivity contribution in [1.29, 1.82) is 0 Å². The number of anilines is 1. The minimum absolute atomic E-state index is 0.127. The molecule has 0 fully saturated rings. The first-order valence-electron chi connectivity index (χ1n) is 15.5. The Balaban J connectivity index is 1.54. The van der Waals surface area contributed by atoms with Crippen LogP contribution in [0.3, 0.4) is 0 Å². The summed E-state index contributed by atoms with van der Waals surface area (Å²) in [5, 5.41) is 16.4. The molecule has 0 bridgehead atoms. The summed E-state index contributed by atoms with van der Waals surface area (Å²) >= 11 is 5.69. The van der Waals surface area contributed by atoms with E-state index in [9.17, 15) is 14.7 Å². The summed E-state index contributed by atoms with van der Waals surface area (Å²) in [4.78, 5) is 30.1. The molecule has 0 unspecified atom stereocenters. The molecule has 2 aromatic carbocycles. The number of hydrogen-bond donors (Lipinski definition) is 3. The number of halogens is 1. The highest BCUT2D eigenvalue weighted by molar-refractivity contribution is 6.17. The Labute approximate surface area is 271 Å². The number of nitrogens with zero attached hydrogens (tertiary/aromatic N) is 1. The average Bonchev–Trinajstić information content (AvgIpc) is 3.04. The number of ether oxygens (including phenoxy) is 2. The number of hydrogen-bond acceptors (Lipinski definition) is 6. The van der Waals surface area contributed by atoms with E-state index in [2.05, 4.69) is 41.6 Å². The molecule has 8 nitrogen and oxygen atoms in total.